The Kier molecular flexibility index (Phi) is 7.62. The minimum Gasteiger partial charge on any atom is -0.483 e. The van der Waals surface area contributed by atoms with Crippen molar-refractivity contribution in [2.45, 2.75) is 39.8 Å². The number of hydrogen-bond acceptors (Lipinski definition) is 3. The Bertz CT molecular complexity index is 438. The van der Waals surface area contributed by atoms with Gasteiger partial charge in [-0.25, -0.2) is 0 Å². The van der Waals surface area contributed by atoms with E-state index in [1.54, 1.807) is 0 Å². The van der Waals surface area contributed by atoms with Gasteiger partial charge in [0.05, 0.1) is 0 Å². The van der Waals surface area contributed by atoms with Crippen LogP contribution in [0, 0.1) is 0 Å². The van der Waals surface area contributed by atoms with Crippen molar-refractivity contribution in [2.24, 2.45) is 0 Å². The largest absolute Gasteiger partial charge is 0.483 e. The topological polar surface area (TPSA) is 50.4 Å². The van der Waals surface area contributed by atoms with Gasteiger partial charge in [-0.1, -0.05) is 29.8 Å². The summed E-state index contributed by atoms with van der Waals surface area (Å²) in [5, 5.41) is 6.14. The van der Waals surface area contributed by atoms with E-state index in [9.17, 15) is 4.79 Å². The maximum atomic E-state index is 11.7. The van der Waals surface area contributed by atoms with E-state index in [0.29, 0.717) is 0 Å². The number of benzene rings is 1. The smallest absolute Gasteiger partial charge is 0.258 e. The van der Waals surface area contributed by atoms with E-state index in [4.69, 9.17) is 4.74 Å². The van der Waals surface area contributed by atoms with Gasteiger partial charge in [0.25, 0.3) is 5.91 Å². The van der Waals surface area contributed by atoms with Gasteiger partial charge in [0.2, 0.25) is 0 Å². The van der Waals surface area contributed by atoms with Crippen molar-refractivity contribution in [3.8, 4) is 5.75 Å². The average molecular weight is 343 g/mol. The van der Waals surface area contributed by atoms with Crippen LogP contribution in [0.2, 0.25) is 0 Å². The fourth-order valence-corrected chi connectivity index (χ4v) is 2.06. The summed E-state index contributed by atoms with van der Waals surface area (Å²) < 4.78 is 6.63. The molecule has 1 aromatic rings. The second-order valence-electron chi connectivity index (χ2n) is 4.70. The van der Waals surface area contributed by atoms with E-state index in [1.165, 1.54) is 0 Å². The number of hydrogen-bond donors (Lipinski definition) is 2. The molecule has 1 amide bonds. The Hall–Kier alpha value is -1.07. The molecule has 0 aliphatic carbocycles. The van der Waals surface area contributed by atoms with Gasteiger partial charge in [0.15, 0.2) is 6.61 Å². The zero-order valence-corrected chi connectivity index (χ0v) is 13.9. The first-order valence-electron chi connectivity index (χ1n) is 6.98. The molecule has 20 heavy (non-hydrogen) atoms. The summed E-state index contributed by atoms with van der Waals surface area (Å²) in [6.07, 6.45) is 0.912. The molecule has 0 heterocycles. The molecule has 1 rings (SSSR count). The van der Waals surface area contributed by atoms with Crippen LogP contribution < -0.4 is 15.4 Å². The highest BCUT2D eigenvalue weighted by molar-refractivity contribution is 9.10. The second kappa shape index (κ2) is 8.97. The molecule has 4 nitrogen and oxygen atoms in total. The summed E-state index contributed by atoms with van der Waals surface area (Å²) in [6.45, 7) is 7.73. The highest BCUT2D eigenvalue weighted by Gasteiger charge is 2.09. The van der Waals surface area contributed by atoms with Gasteiger partial charge in [0, 0.05) is 22.6 Å². The van der Waals surface area contributed by atoms with Crippen molar-refractivity contribution < 1.29 is 9.53 Å². The first kappa shape index (κ1) is 17.0. The van der Waals surface area contributed by atoms with E-state index in [-0.39, 0.29) is 18.6 Å². The summed E-state index contributed by atoms with van der Waals surface area (Å²) in [5.41, 5.74) is 1.04. The minimum absolute atomic E-state index is 0.0467. The quantitative estimate of drug-likeness (QED) is 0.763. The SMILES string of the molecule is CCNCc1cc(Br)ccc1OCC(=O)NC(C)CC. The molecule has 0 radical (unpaired) electrons. The van der Waals surface area contributed by atoms with E-state index in [0.717, 1.165) is 35.3 Å². The third-order valence-corrected chi connectivity index (χ3v) is 3.46. The molecule has 0 aromatic heterocycles. The predicted octanol–water partition coefficient (Wildman–Crippen LogP) is 2.85. The van der Waals surface area contributed by atoms with Gasteiger partial charge < -0.3 is 15.4 Å². The number of carbonyl (C=O) groups is 1. The summed E-state index contributed by atoms with van der Waals surface area (Å²) >= 11 is 3.45. The second-order valence-corrected chi connectivity index (χ2v) is 5.61. The number of rotatable bonds is 8. The third-order valence-electron chi connectivity index (χ3n) is 2.97. The molecule has 0 saturated carbocycles. The number of nitrogens with one attached hydrogen (secondary N) is 2. The molecular weight excluding hydrogens is 320 g/mol. The fraction of sp³-hybridized carbons (Fsp3) is 0.533. The minimum atomic E-state index is -0.0864. The van der Waals surface area contributed by atoms with Gasteiger partial charge >= 0.3 is 0 Å². The molecule has 0 saturated heterocycles. The van der Waals surface area contributed by atoms with E-state index in [2.05, 4.69) is 33.5 Å². The molecule has 2 N–H and O–H groups in total. The van der Waals surface area contributed by atoms with Crippen LogP contribution in [-0.4, -0.2) is 25.1 Å². The summed E-state index contributed by atoms with van der Waals surface area (Å²) in [4.78, 5) is 11.7. The molecule has 1 unspecified atom stereocenters. The lowest BCUT2D eigenvalue weighted by Crippen LogP contribution is -2.35. The predicted molar refractivity (Wildman–Crippen MR) is 84.9 cm³/mol. The molecule has 0 aliphatic heterocycles. The maximum Gasteiger partial charge on any atom is 0.258 e. The van der Waals surface area contributed by atoms with Crippen molar-refractivity contribution in [2.75, 3.05) is 13.2 Å². The number of ether oxygens (including phenoxy) is 1. The highest BCUT2D eigenvalue weighted by Crippen LogP contribution is 2.23. The van der Waals surface area contributed by atoms with E-state index >= 15 is 0 Å². The van der Waals surface area contributed by atoms with E-state index < -0.39 is 0 Å². The summed E-state index contributed by atoms with van der Waals surface area (Å²) in [5.74, 6) is 0.658. The van der Waals surface area contributed by atoms with Gasteiger partial charge in [-0.3, -0.25) is 4.79 Å². The van der Waals surface area contributed by atoms with Crippen molar-refractivity contribution in [1.82, 2.24) is 10.6 Å². The molecule has 0 fully saturated rings. The summed E-state index contributed by atoms with van der Waals surface area (Å²) in [6, 6.07) is 5.98. The van der Waals surface area contributed by atoms with Crippen LogP contribution in [0.5, 0.6) is 5.75 Å². The Balaban J connectivity index is 2.60. The van der Waals surface area contributed by atoms with Crippen LogP contribution >= 0.6 is 15.9 Å². The Morgan fingerprint density at radius 2 is 2.15 bits per heavy atom. The van der Waals surface area contributed by atoms with Gasteiger partial charge in [-0.05, 0) is 38.1 Å². The first-order chi connectivity index (χ1) is 9.56. The van der Waals surface area contributed by atoms with Crippen molar-refractivity contribution >= 4 is 21.8 Å². The zero-order valence-electron chi connectivity index (χ0n) is 12.3. The fourth-order valence-electron chi connectivity index (χ4n) is 1.65. The third kappa shape index (κ3) is 5.92. The van der Waals surface area contributed by atoms with Crippen LogP contribution in [0.4, 0.5) is 0 Å². The number of carbonyl (C=O) groups excluding carboxylic acids is 1. The zero-order chi connectivity index (χ0) is 15.0. The van der Waals surface area contributed by atoms with Crippen LogP contribution in [-0.2, 0) is 11.3 Å². The van der Waals surface area contributed by atoms with Gasteiger partial charge in [-0.2, -0.15) is 0 Å². The molecule has 0 spiro atoms. The maximum absolute atomic E-state index is 11.7. The Morgan fingerprint density at radius 3 is 2.80 bits per heavy atom. The van der Waals surface area contributed by atoms with Crippen LogP contribution in [0.15, 0.2) is 22.7 Å². The Morgan fingerprint density at radius 1 is 1.40 bits per heavy atom. The van der Waals surface area contributed by atoms with Crippen molar-refractivity contribution in [3.63, 3.8) is 0 Å². The highest BCUT2D eigenvalue weighted by atomic mass is 79.9. The molecule has 1 atom stereocenters. The van der Waals surface area contributed by atoms with Crippen LogP contribution in [0.1, 0.15) is 32.8 Å². The van der Waals surface area contributed by atoms with E-state index in [1.807, 2.05) is 32.0 Å². The lowest BCUT2D eigenvalue weighted by molar-refractivity contribution is -0.123. The summed E-state index contributed by atoms with van der Waals surface area (Å²) in [7, 11) is 0. The van der Waals surface area contributed by atoms with Crippen LogP contribution in [0.3, 0.4) is 0 Å². The number of amides is 1. The monoisotopic (exact) mass is 342 g/mol. The van der Waals surface area contributed by atoms with Crippen LogP contribution in [0.25, 0.3) is 0 Å². The lowest BCUT2D eigenvalue weighted by atomic mass is 10.2. The number of halogens is 1. The first-order valence-corrected chi connectivity index (χ1v) is 7.77. The van der Waals surface area contributed by atoms with Gasteiger partial charge in [-0.15, -0.1) is 0 Å². The molecule has 1 aromatic carbocycles. The Labute approximate surface area is 129 Å². The van der Waals surface area contributed by atoms with Crippen molar-refractivity contribution in [1.29, 1.82) is 0 Å². The molecule has 112 valence electrons. The normalized spacial score (nSPS) is 12.0. The molecule has 0 bridgehead atoms. The van der Waals surface area contributed by atoms with Crippen molar-refractivity contribution in [3.05, 3.63) is 28.2 Å². The molecule has 0 aliphatic rings. The standard InChI is InChI=1S/C15H23BrN2O2/c1-4-11(3)18-15(19)10-20-14-7-6-13(16)8-12(14)9-17-5-2/h6-8,11,17H,4-5,9-10H2,1-3H3,(H,18,19). The molecular formula is C15H23BrN2O2. The molecule has 5 heteroatoms. The average Bonchev–Trinajstić information content (AvgIpc) is 2.43. The van der Waals surface area contributed by atoms with Gasteiger partial charge in [0.1, 0.15) is 5.75 Å². The lowest BCUT2D eigenvalue weighted by Gasteiger charge is -2.14.